The summed E-state index contributed by atoms with van der Waals surface area (Å²) in [6, 6.07) is 9.06. The Morgan fingerprint density at radius 1 is 1.50 bits per heavy atom. The first-order chi connectivity index (χ1) is 9.51. The number of nitrogens with zero attached hydrogens (tertiary/aromatic N) is 2. The number of amides is 1. The number of carbonyl (C=O) groups is 1. The van der Waals surface area contributed by atoms with Crippen LogP contribution in [0.3, 0.4) is 0 Å². The lowest BCUT2D eigenvalue weighted by Crippen LogP contribution is -2.39. The zero-order valence-corrected chi connectivity index (χ0v) is 12.1. The van der Waals surface area contributed by atoms with Crippen LogP contribution in [-0.4, -0.2) is 29.4 Å². The van der Waals surface area contributed by atoms with E-state index < -0.39 is 0 Å². The first-order valence-corrected chi connectivity index (χ1v) is 7.06. The minimum Gasteiger partial charge on any atom is -0.326 e. The molecule has 2 rings (SSSR count). The minimum atomic E-state index is 0.00258. The highest BCUT2D eigenvalue weighted by Gasteiger charge is 2.31. The second kappa shape index (κ2) is 6.06. The van der Waals surface area contributed by atoms with Gasteiger partial charge < -0.3 is 5.32 Å². The van der Waals surface area contributed by atoms with Crippen LogP contribution < -0.4 is 5.32 Å². The fourth-order valence-corrected chi connectivity index (χ4v) is 2.70. The second-order valence-electron chi connectivity index (χ2n) is 5.89. The molecule has 1 N–H and O–H groups in total. The van der Waals surface area contributed by atoms with Crippen molar-refractivity contribution in [3.8, 4) is 6.07 Å². The molecule has 4 nitrogen and oxygen atoms in total. The van der Waals surface area contributed by atoms with Gasteiger partial charge in [0.1, 0.15) is 0 Å². The fourth-order valence-electron chi connectivity index (χ4n) is 2.70. The molecule has 0 unspecified atom stereocenters. The molecule has 1 heterocycles. The van der Waals surface area contributed by atoms with Gasteiger partial charge in [0.2, 0.25) is 5.91 Å². The summed E-state index contributed by atoms with van der Waals surface area (Å²) < 4.78 is 0. The number of nitriles is 1. The summed E-state index contributed by atoms with van der Waals surface area (Å²) in [5.41, 5.74) is 1.46. The van der Waals surface area contributed by atoms with Gasteiger partial charge in [-0.1, -0.05) is 6.07 Å². The van der Waals surface area contributed by atoms with Crippen molar-refractivity contribution in [2.45, 2.75) is 38.6 Å². The molecule has 106 valence electrons. The number of benzene rings is 1. The van der Waals surface area contributed by atoms with Gasteiger partial charge in [-0.15, -0.1) is 0 Å². The predicted molar refractivity (Wildman–Crippen MR) is 79.3 cm³/mol. The number of carbonyl (C=O) groups excluding carboxylic acids is 1. The monoisotopic (exact) mass is 271 g/mol. The fraction of sp³-hybridized carbons (Fsp3) is 0.500. The van der Waals surface area contributed by atoms with E-state index in [2.05, 4.69) is 30.1 Å². The SMILES string of the molecule is CC1(C)CCCN1CCC(=O)Nc1cccc(C#N)c1. The number of hydrogen-bond acceptors (Lipinski definition) is 3. The summed E-state index contributed by atoms with van der Waals surface area (Å²) >= 11 is 0. The lowest BCUT2D eigenvalue weighted by molar-refractivity contribution is -0.116. The lowest BCUT2D eigenvalue weighted by Gasteiger charge is -2.31. The van der Waals surface area contributed by atoms with Crippen molar-refractivity contribution in [3.05, 3.63) is 29.8 Å². The average Bonchev–Trinajstić information content (AvgIpc) is 2.75. The average molecular weight is 271 g/mol. The molecule has 1 aliphatic rings. The Hall–Kier alpha value is -1.86. The molecule has 1 saturated heterocycles. The Kier molecular flexibility index (Phi) is 4.41. The van der Waals surface area contributed by atoms with Crippen molar-refractivity contribution in [1.82, 2.24) is 4.90 Å². The smallest absolute Gasteiger partial charge is 0.225 e. The van der Waals surface area contributed by atoms with Gasteiger partial charge in [-0.05, 0) is 51.4 Å². The molecule has 1 amide bonds. The molecule has 4 heteroatoms. The van der Waals surface area contributed by atoms with Crippen LogP contribution in [0.2, 0.25) is 0 Å². The second-order valence-corrected chi connectivity index (χ2v) is 5.89. The van der Waals surface area contributed by atoms with Crippen molar-refractivity contribution in [3.63, 3.8) is 0 Å². The van der Waals surface area contributed by atoms with Gasteiger partial charge in [0, 0.05) is 24.2 Å². The molecule has 0 spiro atoms. The predicted octanol–water partition coefficient (Wildman–Crippen LogP) is 2.76. The molecule has 0 aliphatic carbocycles. The summed E-state index contributed by atoms with van der Waals surface area (Å²) in [4.78, 5) is 14.3. The summed E-state index contributed by atoms with van der Waals surface area (Å²) in [6.07, 6.45) is 2.89. The Bertz CT molecular complexity index is 531. The number of hydrogen-bond donors (Lipinski definition) is 1. The number of anilines is 1. The molecule has 1 aromatic carbocycles. The maximum Gasteiger partial charge on any atom is 0.225 e. The molecule has 0 atom stereocenters. The maximum atomic E-state index is 12.0. The van der Waals surface area contributed by atoms with Crippen LogP contribution in [-0.2, 0) is 4.79 Å². The van der Waals surface area contributed by atoms with Gasteiger partial charge in [-0.2, -0.15) is 5.26 Å². The molecule has 0 bridgehead atoms. The number of rotatable bonds is 4. The number of nitrogens with one attached hydrogen (secondary N) is 1. The molecular weight excluding hydrogens is 250 g/mol. The van der Waals surface area contributed by atoms with Crippen molar-refractivity contribution in [2.75, 3.05) is 18.4 Å². The Labute approximate surface area is 120 Å². The highest BCUT2D eigenvalue weighted by Crippen LogP contribution is 2.27. The van der Waals surface area contributed by atoms with Crippen molar-refractivity contribution >= 4 is 11.6 Å². The van der Waals surface area contributed by atoms with E-state index in [4.69, 9.17) is 5.26 Å². The van der Waals surface area contributed by atoms with Crippen molar-refractivity contribution < 1.29 is 4.79 Å². The van der Waals surface area contributed by atoms with Crippen LogP contribution in [0.15, 0.2) is 24.3 Å². The molecule has 20 heavy (non-hydrogen) atoms. The molecule has 1 fully saturated rings. The first kappa shape index (κ1) is 14.5. The van der Waals surface area contributed by atoms with Crippen molar-refractivity contribution in [1.29, 1.82) is 5.26 Å². The van der Waals surface area contributed by atoms with Gasteiger partial charge in [0.25, 0.3) is 0 Å². The van der Waals surface area contributed by atoms with E-state index in [1.807, 2.05) is 0 Å². The highest BCUT2D eigenvalue weighted by molar-refractivity contribution is 5.90. The minimum absolute atomic E-state index is 0.00258. The Morgan fingerprint density at radius 3 is 2.95 bits per heavy atom. The Morgan fingerprint density at radius 2 is 2.30 bits per heavy atom. The summed E-state index contributed by atoms with van der Waals surface area (Å²) in [5.74, 6) is 0.00258. The van der Waals surface area contributed by atoms with Gasteiger partial charge in [0.05, 0.1) is 11.6 Å². The molecule has 1 aliphatic heterocycles. The largest absolute Gasteiger partial charge is 0.326 e. The summed E-state index contributed by atoms with van der Waals surface area (Å²) in [6.45, 7) is 6.32. The van der Waals surface area contributed by atoms with Gasteiger partial charge >= 0.3 is 0 Å². The maximum absolute atomic E-state index is 12.0. The van der Waals surface area contributed by atoms with E-state index in [0.29, 0.717) is 17.7 Å². The van der Waals surface area contributed by atoms with Gasteiger partial charge in [-0.3, -0.25) is 9.69 Å². The third kappa shape index (κ3) is 3.58. The molecule has 0 aromatic heterocycles. The zero-order valence-electron chi connectivity index (χ0n) is 12.1. The van der Waals surface area contributed by atoms with E-state index in [1.165, 1.54) is 12.8 Å². The van der Waals surface area contributed by atoms with E-state index in [9.17, 15) is 4.79 Å². The van der Waals surface area contributed by atoms with E-state index >= 15 is 0 Å². The normalized spacial score (nSPS) is 17.6. The van der Waals surface area contributed by atoms with Crippen LogP contribution in [0.4, 0.5) is 5.69 Å². The van der Waals surface area contributed by atoms with Crippen LogP contribution >= 0.6 is 0 Å². The molecular formula is C16H21N3O. The lowest BCUT2D eigenvalue weighted by atomic mass is 10.0. The van der Waals surface area contributed by atoms with E-state index in [-0.39, 0.29) is 11.4 Å². The topological polar surface area (TPSA) is 56.1 Å². The van der Waals surface area contributed by atoms with Crippen LogP contribution in [0.1, 0.15) is 38.7 Å². The van der Waals surface area contributed by atoms with Gasteiger partial charge in [0.15, 0.2) is 0 Å². The molecule has 0 saturated carbocycles. The zero-order chi connectivity index (χ0) is 14.6. The van der Waals surface area contributed by atoms with Crippen LogP contribution in [0.5, 0.6) is 0 Å². The first-order valence-electron chi connectivity index (χ1n) is 7.06. The molecule has 1 aromatic rings. The summed E-state index contributed by atoms with van der Waals surface area (Å²) in [7, 11) is 0. The standard InChI is InChI=1S/C16H21N3O/c1-16(2)8-4-9-19(16)10-7-15(20)18-14-6-3-5-13(11-14)12-17/h3,5-6,11H,4,7-10H2,1-2H3,(H,18,20). The van der Waals surface area contributed by atoms with E-state index in [1.54, 1.807) is 24.3 Å². The third-order valence-corrected chi connectivity index (χ3v) is 3.96. The number of likely N-dealkylation sites (tertiary alicyclic amines) is 1. The van der Waals surface area contributed by atoms with Gasteiger partial charge in [-0.25, -0.2) is 0 Å². The third-order valence-electron chi connectivity index (χ3n) is 3.96. The quantitative estimate of drug-likeness (QED) is 0.916. The summed E-state index contributed by atoms with van der Waals surface area (Å²) in [5, 5.41) is 11.7. The van der Waals surface area contributed by atoms with Crippen LogP contribution in [0, 0.1) is 11.3 Å². The Balaban J connectivity index is 1.85. The molecule has 0 radical (unpaired) electrons. The van der Waals surface area contributed by atoms with E-state index in [0.717, 1.165) is 13.1 Å². The van der Waals surface area contributed by atoms with Crippen LogP contribution in [0.25, 0.3) is 0 Å². The highest BCUT2D eigenvalue weighted by atomic mass is 16.1. The van der Waals surface area contributed by atoms with Crippen molar-refractivity contribution in [2.24, 2.45) is 0 Å².